The van der Waals surface area contributed by atoms with Crippen LogP contribution in [0.2, 0.25) is 0 Å². The van der Waals surface area contributed by atoms with E-state index in [2.05, 4.69) is 9.97 Å². The largest absolute Gasteiger partial charge is 0.391 e. The van der Waals surface area contributed by atoms with Crippen molar-refractivity contribution < 1.29 is 13.2 Å². The Morgan fingerprint density at radius 3 is 2.32 bits per heavy atom. The first-order chi connectivity index (χ1) is 8.88. The standard InChI is InChI=1S/C11H13F3N4S/c12-11(13,14)7-1-3-18(4-2-7)9-6-16-8(5-17-9)10(15)19/h5-7H,1-4H2,(H2,15,19). The molecule has 0 spiro atoms. The maximum atomic E-state index is 12.5. The van der Waals surface area contributed by atoms with Crippen molar-refractivity contribution >= 4 is 23.0 Å². The fourth-order valence-corrected chi connectivity index (χ4v) is 2.15. The molecule has 104 valence electrons. The van der Waals surface area contributed by atoms with Gasteiger partial charge in [-0.3, -0.25) is 0 Å². The number of nitrogens with zero attached hydrogens (tertiary/aromatic N) is 3. The molecule has 2 N–H and O–H groups in total. The predicted octanol–water partition coefficient (Wildman–Crippen LogP) is 1.89. The summed E-state index contributed by atoms with van der Waals surface area (Å²) in [6.45, 7) is 0.649. The Labute approximate surface area is 113 Å². The van der Waals surface area contributed by atoms with Crippen LogP contribution in [0.3, 0.4) is 0 Å². The van der Waals surface area contributed by atoms with E-state index < -0.39 is 12.1 Å². The van der Waals surface area contributed by atoms with E-state index in [4.69, 9.17) is 18.0 Å². The quantitative estimate of drug-likeness (QED) is 0.843. The highest BCUT2D eigenvalue weighted by molar-refractivity contribution is 7.80. The molecule has 0 atom stereocenters. The summed E-state index contributed by atoms with van der Waals surface area (Å²) in [4.78, 5) is 10.1. The topological polar surface area (TPSA) is 55.0 Å². The van der Waals surface area contributed by atoms with Gasteiger partial charge in [-0.05, 0) is 12.8 Å². The maximum Gasteiger partial charge on any atom is 0.391 e. The fourth-order valence-electron chi connectivity index (χ4n) is 2.05. The fraction of sp³-hybridized carbons (Fsp3) is 0.545. The van der Waals surface area contributed by atoms with Gasteiger partial charge in [-0.15, -0.1) is 0 Å². The van der Waals surface area contributed by atoms with Crippen molar-refractivity contribution in [1.82, 2.24) is 9.97 Å². The van der Waals surface area contributed by atoms with Gasteiger partial charge in [-0.1, -0.05) is 12.2 Å². The molecule has 1 aromatic rings. The molecular weight excluding hydrogens is 277 g/mol. The van der Waals surface area contributed by atoms with Crippen LogP contribution < -0.4 is 10.6 Å². The zero-order chi connectivity index (χ0) is 14.0. The zero-order valence-corrected chi connectivity index (χ0v) is 10.8. The molecule has 0 aliphatic carbocycles. The van der Waals surface area contributed by atoms with E-state index >= 15 is 0 Å². The Bertz CT molecular complexity index is 452. The Hall–Kier alpha value is -1.44. The van der Waals surface area contributed by atoms with Crippen LogP contribution in [-0.2, 0) is 0 Å². The lowest BCUT2D eigenvalue weighted by atomic mass is 9.96. The van der Waals surface area contributed by atoms with Crippen molar-refractivity contribution in [2.75, 3.05) is 18.0 Å². The normalized spacial score (nSPS) is 17.5. The number of aromatic nitrogens is 2. The van der Waals surface area contributed by atoms with Gasteiger partial charge >= 0.3 is 6.18 Å². The third-order valence-corrected chi connectivity index (χ3v) is 3.38. The molecule has 0 radical (unpaired) electrons. The molecule has 1 saturated heterocycles. The average Bonchev–Trinajstić information content (AvgIpc) is 2.38. The number of piperidine rings is 1. The van der Waals surface area contributed by atoms with Crippen molar-refractivity contribution in [2.45, 2.75) is 19.0 Å². The minimum absolute atomic E-state index is 0.0855. The number of thiocarbonyl (C=S) groups is 1. The van der Waals surface area contributed by atoms with Crippen LogP contribution >= 0.6 is 12.2 Å². The average molecular weight is 290 g/mol. The van der Waals surface area contributed by atoms with Crippen LogP contribution in [0.4, 0.5) is 19.0 Å². The first-order valence-corrected chi connectivity index (χ1v) is 6.22. The molecular formula is C11H13F3N4S. The van der Waals surface area contributed by atoms with Crippen LogP contribution in [0, 0.1) is 5.92 Å². The lowest BCUT2D eigenvalue weighted by Gasteiger charge is -2.33. The first kappa shape index (κ1) is 14.0. The van der Waals surface area contributed by atoms with E-state index in [9.17, 15) is 13.2 Å². The number of hydrogen-bond acceptors (Lipinski definition) is 4. The van der Waals surface area contributed by atoms with Crippen molar-refractivity contribution in [3.63, 3.8) is 0 Å². The Morgan fingerprint density at radius 2 is 1.89 bits per heavy atom. The molecule has 8 heteroatoms. The SMILES string of the molecule is NC(=S)c1cnc(N2CCC(C(F)(F)F)CC2)cn1. The Balaban J connectivity index is 2.00. The molecule has 2 rings (SSSR count). The molecule has 0 saturated carbocycles. The Morgan fingerprint density at radius 1 is 1.26 bits per heavy atom. The van der Waals surface area contributed by atoms with Crippen molar-refractivity contribution in [3.8, 4) is 0 Å². The van der Waals surface area contributed by atoms with Crippen molar-refractivity contribution in [2.24, 2.45) is 11.7 Å². The number of hydrogen-bond donors (Lipinski definition) is 1. The van der Waals surface area contributed by atoms with Gasteiger partial charge in [-0.25, -0.2) is 9.97 Å². The van der Waals surface area contributed by atoms with E-state index in [-0.39, 0.29) is 17.8 Å². The second-order valence-corrected chi connectivity index (χ2v) is 4.87. The Kier molecular flexibility index (Phi) is 3.88. The molecule has 0 amide bonds. The van der Waals surface area contributed by atoms with Gasteiger partial charge in [0.05, 0.1) is 18.3 Å². The summed E-state index contributed by atoms with van der Waals surface area (Å²) in [7, 11) is 0. The van der Waals surface area contributed by atoms with Crippen LogP contribution in [-0.4, -0.2) is 34.2 Å². The molecule has 1 aliphatic rings. The van der Waals surface area contributed by atoms with E-state index in [1.807, 2.05) is 0 Å². The third-order valence-electron chi connectivity index (χ3n) is 3.17. The summed E-state index contributed by atoms with van der Waals surface area (Å²) in [5, 5.41) is 0. The second-order valence-electron chi connectivity index (χ2n) is 4.43. The lowest BCUT2D eigenvalue weighted by Crippen LogP contribution is -2.39. The number of rotatable bonds is 2. The summed E-state index contributed by atoms with van der Waals surface area (Å²) in [5.41, 5.74) is 5.81. The third kappa shape index (κ3) is 3.31. The minimum Gasteiger partial charge on any atom is -0.388 e. The lowest BCUT2D eigenvalue weighted by molar-refractivity contribution is -0.179. The summed E-state index contributed by atoms with van der Waals surface area (Å²) >= 11 is 4.75. The van der Waals surface area contributed by atoms with Crippen LogP contribution in [0.25, 0.3) is 0 Å². The molecule has 1 aliphatic heterocycles. The monoisotopic (exact) mass is 290 g/mol. The highest BCUT2D eigenvalue weighted by Crippen LogP contribution is 2.34. The van der Waals surface area contributed by atoms with Crippen molar-refractivity contribution in [3.05, 3.63) is 18.1 Å². The van der Waals surface area contributed by atoms with E-state index in [1.165, 1.54) is 12.4 Å². The summed E-state index contributed by atoms with van der Waals surface area (Å²) in [6.07, 6.45) is -1.01. The molecule has 1 fully saturated rings. The smallest absolute Gasteiger partial charge is 0.388 e. The highest BCUT2D eigenvalue weighted by Gasteiger charge is 2.41. The number of alkyl halides is 3. The molecule has 2 heterocycles. The van der Waals surface area contributed by atoms with Gasteiger partial charge in [0.2, 0.25) is 0 Å². The van der Waals surface area contributed by atoms with E-state index in [0.29, 0.717) is 24.6 Å². The van der Waals surface area contributed by atoms with Gasteiger partial charge in [0.1, 0.15) is 16.5 Å². The summed E-state index contributed by atoms with van der Waals surface area (Å²) in [5.74, 6) is -0.659. The van der Waals surface area contributed by atoms with Crippen LogP contribution in [0.1, 0.15) is 18.5 Å². The molecule has 0 bridgehead atoms. The van der Waals surface area contributed by atoms with Gasteiger partial charge in [0.15, 0.2) is 0 Å². The predicted molar refractivity (Wildman–Crippen MR) is 68.9 cm³/mol. The first-order valence-electron chi connectivity index (χ1n) is 5.81. The second kappa shape index (κ2) is 5.28. The molecule has 0 aromatic carbocycles. The highest BCUT2D eigenvalue weighted by atomic mass is 32.1. The van der Waals surface area contributed by atoms with Gasteiger partial charge in [0, 0.05) is 13.1 Å². The van der Waals surface area contributed by atoms with Crippen LogP contribution in [0.15, 0.2) is 12.4 Å². The van der Waals surface area contributed by atoms with E-state index in [0.717, 1.165) is 0 Å². The number of nitrogens with two attached hydrogens (primary N) is 1. The van der Waals surface area contributed by atoms with Crippen molar-refractivity contribution in [1.29, 1.82) is 0 Å². The van der Waals surface area contributed by atoms with Gasteiger partial charge in [-0.2, -0.15) is 13.2 Å². The number of halogens is 3. The number of anilines is 1. The molecule has 0 unspecified atom stereocenters. The molecule has 4 nitrogen and oxygen atoms in total. The van der Waals surface area contributed by atoms with E-state index in [1.54, 1.807) is 4.90 Å². The van der Waals surface area contributed by atoms with Gasteiger partial charge in [0.25, 0.3) is 0 Å². The van der Waals surface area contributed by atoms with Gasteiger partial charge < -0.3 is 10.6 Å². The maximum absolute atomic E-state index is 12.5. The minimum atomic E-state index is -4.10. The van der Waals surface area contributed by atoms with Crippen LogP contribution in [0.5, 0.6) is 0 Å². The molecule has 1 aromatic heterocycles. The summed E-state index contributed by atoms with van der Waals surface area (Å²) < 4.78 is 37.6. The molecule has 19 heavy (non-hydrogen) atoms. The zero-order valence-electron chi connectivity index (χ0n) is 10.0. The summed E-state index contributed by atoms with van der Waals surface area (Å²) in [6, 6.07) is 0.